The first-order chi connectivity index (χ1) is 14.2. The predicted octanol–water partition coefficient (Wildman–Crippen LogP) is 3.63. The number of nitrogens with one attached hydrogen (secondary N) is 2. The number of anilines is 1. The van der Waals surface area contributed by atoms with E-state index in [0.29, 0.717) is 5.69 Å². The maximum atomic E-state index is 13.0. The number of aryl methyl sites for hydroxylation is 2. The van der Waals surface area contributed by atoms with E-state index in [9.17, 15) is 18.8 Å². The van der Waals surface area contributed by atoms with Crippen molar-refractivity contribution in [3.05, 3.63) is 65.0 Å². The number of benzene rings is 2. The highest BCUT2D eigenvalue weighted by atomic mass is 19.1. The number of esters is 1. The molecule has 30 heavy (non-hydrogen) atoms. The van der Waals surface area contributed by atoms with Crippen molar-refractivity contribution in [3.8, 4) is 0 Å². The lowest BCUT2D eigenvalue weighted by molar-refractivity contribution is -0.150. The number of halogens is 1. The van der Waals surface area contributed by atoms with Crippen LogP contribution in [0.3, 0.4) is 0 Å². The fraction of sp³-hybridized carbons (Fsp3) is 0.348. The summed E-state index contributed by atoms with van der Waals surface area (Å²) in [6.45, 7) is 6.91. The van der Waals surface area contributed by atoms with Crippen LogP contribution in [0.15, 0.2) is 42.5 Å². The Morgan fingerprint density at radius 1 is 1.07 bits per heavy atom. The van der Waals surface area contributed by atoms with Crippen molar-refractivity contribution in [2.24, 2.45) is 5.92 Å². The van der Waals surface area contributed by atoms with Crippen molar-refractivity contribution in [2.75, 3.05) is 11.9 Å². The SMILES string of the molecule is CCc1cccc(C)c1NC(=O)COC(=O)[C@@H](NC(=O)c1ccc(F)cc1)C(C)C. The molecule has 0 aliphatic rings. The van der Waals surface area contributed by atoms with E-state index in [1.165, 1.54) is 12.1 Å². The Hall–Kier alpha value is -3.22. The summed E-state index contributed by atoms with van der Waals surface area (Å²) >= 11 is 0. The molecule has 0 heterocycles. The van der Waals surface area contributed by atoms with Crippen molar-refractivity contribution >= 4 is 23.5 Å². The molecule has 2 aromatic rings. The topological polar surface area (TPSA) is 84.5 Å². The molecule has 0 aromatic heterocycles. The van der Waals surface area contributed by atoms with Crippen LogP contribution in [0.4, 0.5) is 10.1 Å². The molecular formula is C23H27FN2O4. The molecule has 2 rings (SSSR count). The van der Waals surface area contributed by atoms with Crippen molar-refractivity contribution in [3.63, 3.8) is 0 Å². The third-order valence-electron chi connectivity index (χ3n) is 4.66. The zero-order valence-electron chi connectivity index (χ0n) is 17.6. The average Bonchev–Trinajstić information content (AvgIpc) is 2.71. The molecule has 0 saturated carbocycles. The van der Waals surface area contributed by atoms with Gasteiger partial charge in [0.2, 0.25) is 0 Å². The Morgan fingerprint density at radius 2 is 1.73 bits per heavy atom. The van der Waals surface area contributed by atoms with Gasteiger partial charge in [-0.25, -0.2) is 9.18 Å². The van der Waals surface area contributed by atoms with E-state index < -0.39 is 36.2 Å². The molecule has 0 saturated heterocycles. The van der Waals surface area contributed by atoms with Crippen LogP contribution in [-0.2, 0) is 20.7 Å². The molecule has 160 valence electrons. The minimum Gasteiger partial charge on any atom is -0.454 e. The van der Waals surface area contributed by atoms with Crippen molar-refractivity contribution in [1.82, 2.24) is 5.32 Å². The lowest BCUT2D eigenvalue weighted by atomic mass is 10.0. The lowest BCUT2D eigenvalue weighted by Gasteiger charge is -2.21. The molecule has 0 radical (unpaired) electrons. The first kappa shape index (κ1) is 23.1. The highest BCUT2D eigenvalue weighted by Crippen LogP contribution is 2.21. The van der Waals surface area contributed by atoms with E-state index in [0.717, 1.165) is 29.7 Å². The Kier molecular flexibility index (Phi) is 8.09. The molecule has 0 unspecified atom stereocenters. The van der Waals surface area contributed by atoms with Crippen LogP contribution in [0.25, 0.3) is 0 Å². The quantitative estimate of drug-likeness (QED) is 0.646. The highest BCUT2D eigenvalue weighted by molar-refractivity contribution is 5.98. The molecular weight excluding hydrogens is 387 g/mol. The summed E-state index contributed by atoms with van der Waals surface area (Å²) in [5.74, 6) is -2.43. The predicted molar refractivity (Wildman–Crippen MR) is 113 cm³/mol. The molecule has 0 aliphatic carbocycles. The minimum absolute atomic E-state index is 0.222. The van der Waals surface area contributed by atoms with Crippen LogP contribution in [0.5, 0.6) is 0 Å². The molecule has 2 amide bonds. The summed E-state index contributed by atoms with van der Waals surface area (Å²) in [6.07, 6.45) is 0.752. The zero-order chi connectivity index (χ0) is 22.3. The number of rotatable bonds is 8. The monoisotopic (exact) mass is 414 g/mol. The van der Waals surface area contributed by atoms with Gasteiger partial charge in [-0.1, -0.05) is 39.0 Å². The number of amides is 2. The van der Waals surface area contributed by atoms with E-state index in [1.54, 1.807) is 13.8 Å². The van der Waals surface area contributed by atoms with Gasteiger partial charge in [-0.2, -0.15) is 0 Å². The fourth-order valence-corrected chi connectivity index (χ4v) is 2.93. The number of para-hydroxylation sites is 1. The molecule has 2 aromatic carbocycles. The molecule has 6 nitrogen and oxygen atoms in total. The Morgan fingerprint density at radius 3 is 2.33 bits per heavy atom. The Labute approximate surface area is 175 Å². The van der Waals surface area contributed by atoms with Crippen LogP contribution < -0.4 is 10.6 Å². The molecule has 0 spiro atoms. The molecule has 7 heteroatoms. The van der Waals surface area contributed by atoms with E-state index >= 15 is 0 Å². The largest absolute Gasteiger partial charge is 0.454 e. The number of hydrogen-bond donors (Lipinski definition) is 2. The van der Waals surface area contributed by atoms with Gasteiger partial charge in [-0.05, 0) is 54.7 Å². The number of ether oxygens (including phenoxy) is 1. The number of carbonyl (C=O) groups is 3. The first-order valence-corrected chi connectivity index (χ1v) is 9.84. The standard InChI is InChI=1S/C23H27FN2O4/c1-5-16-8-6-7-15(4)21(16)25-19(27)13-30-23(29)20(14(2)3)26-22(28)17-9-11-18(24)12-10-17/h6-12,14,20H,5,13H2,1-4H3,(H,25,27)(H,26,28)/t20-/m0/s1. The van der Waals surface area contributed by atoms with Gasteiger partial charge in [0.1, 0.15) is 11.9 Å². The summed E-state index contributed by atoms with van der Waals surface area (Å²) in [5.41, 5.74) is 2.84. The van der Waals surface area contributed by atoms with Crippen LogP contribution in [0.1, 0.15) is 42.3 Å². The summed E-state index contributed by atoms with van der Waals surface area (Å²) in [5, 5.41) is 5.37. The van der Waals surface area contributed by atoms with Gasteiger partial charge in [0, 0.05) is 11.3 Å². The number of carbonyl (C=O) groups excluding carboxylic acids is 3. The highest BCUT2D eigenvalue weighted by Gasteiger charge is 2.27. The normalized spacial score (nSPS) is 11.7. The molecule has 1 atom stereocenters. The van der Waals surface area contributed by atoms with Crippen molar-refractivity contribution in [1.29, 1.82) is 0 Å². The molecule has 0 aliphatic heterocycles. The van der Waals surface area contributed by atoms with Crippen molar-refractivity contribution in [2.45, 2.75) is 40.2 Å². The lowest BCUT2D eigenvalue weighted by Crippen LogP contribution is -2.46. The van der Waals surface area contributed by atoms with E-state index in [-0.39, 0.29) is 11.5 Å². The molecule has 2 N–H and O–H groups in total. The van der Waals surface area contributed by atoms with Gasteiger partial charge in [0.05, 0.1) is 0 Å². The summed E-state index contributed by atoms with van der Waals surface area (Å²) in [7, 11) is 0. The second kappa shape index (κ2) is 10.5. The first-order valence-electron chi connectivity index (χ1n) is 9.84. The second-order valence-electron chi connectivity index (χ2n) is 7.32. The summed E-state index contributed by atoms with van der Waals surface area (Å²) in [6, 6.07) is 9.77. The number of hydrogen-bond acceptors (Lipinski definition) is 4. The molecule has 0 fully saturated rings. The summed E-state index contributed by atoms with van der Waals surface area (Å²) < 4.78 is 18.2. The van der Waals surface area contributed by atoms with E-state index in [4.69, 9.17) is 4.74 Å². The zero-order valence-corrected chi connectivity index (χ0v) is 17.6. The molecule has 0 bridgehead atoms. The van der Waals surface area contributed by atoms with Gasteiger partial charge in [0.25, 0.3) is 11.8 Å². The fourth-order valence-electron chi connectivity index (χ4n) is 2.93. The Bertz CT molecular complexity index is 910. The van der Waals surface area contributed by atoms with E-state index in [1.807, 2.05) is 32.0 Å². The van der Waals surface area contributed by atoms with Crippen LogP contribution in [0.2, 0.25) is 0 Å². The maximum absolute atomic E-state index is 13.0. The van der Waals surface area contributed by atoms with Crippen LogP contribution in [0, 0.1) is 18.7 Å². The van der Waals surface area contributed by atoms with Gasteiger partial charge < -0.3 is 15.4 Å². The Balaban J connectivity index is 1.97. The van der Waals surface area contributed by atoms with Gasteiger partial charge in [-0.3, -0.25) is 9.59 Å². The van der Waals surface area contributed by atoms with Crippen LogP contribution >= 0.6 is 0 Å². The summed E-state index contributed by atoms with van der Waals surface area (Å²) in [4.78, 5) is 37.1. The smallest absolute Gasteiger partial charge is 0.329 e. The van der Waals surface area contributed by atoms with Crippen LogP contribution in [-0.4, -0.2) is 30.4 Å². The van der Waals surface area contributed by atoms with Gasteiger partial charge in [-0.15, -0.1) is 0 Å². The van der Waals surface area contributed by atoms with Gasteiger partial charge >= 0.3 is 5.97 Å². The third kappa shape index (κ3) is 6.14. The minimum atomic E-state index is -0.944. The van der Waals surface area contributed by atoms with Gasteiger partial charge in [0.15, 0.2) is 6.61 Å². The maximum Gasteiger partial charge on any atom is 0.329 e. The third-order valence-corrected chi connectivity index (χ3v) is 4.66. The van der Waals surface area contributed by atoms with Crippen molar-refractivity contribution < 1.29 is 23.5 Å². The second-order valence-corrected chi connectivity index (χ2v) is 7.32. The average molecular weight is 414 g/mol. The van der Waals surface area contributed by atoms with E-state index in [2.05, 4.69) is 10.6 Å².